The van der Waals surface area contributed by atoms with Gasteiger partial charge in [0.1, 0.15) is 0 Å². The monoisotopic (exact) mass is 325 g/mol. The van der Waals surface area contributed by atoms with E-state index in [4.69, 9.17) is 0 Å². The average Bonchev–Trinajstić information content (AvgIpc) is 2.84. The predicted octanol–water partition coefficient (Wildman–Crippen LogP) is -0.264. The molecule has 0 aromatic carbocycles. The zero-order valence-electron chi connectivity index (χ0n) is 11.2. The van der Waals surface area contributed by atoms with Crippen molar-refractivity contribution in [2.45, 2.75) is 43.9 Å². The number of hydrogen-bond acceptors (Lipinski definition) is 5. The van der Waals surface area contributed by atoms with Crippen molar-refractivity contribution in [3.8, 4) is 0 Å². The number of rotatable bonds is 4. The van der Waals surface area contributed by atoms with Crippen LogP contribution < -0.4 is 4.72 Å². The van der Waals surface area contributed by atoms with Crippen molar-refractivity contribution >= 4 is 25.8 Å². The number of hydrogen-bond donors (Lipinski definition) is 2. The highest BCUT2D eigenvalue weighted by Crippen LogP contribution is 2.39. The summed E-state index contributed by atoms with van der Waals surface area (Å²) >= 11 is 0. The second-order valence-corrected chi connectivity index (χ2v) is 10.1. The van der Waals surface area contributed by atoms with Crippen molar-refractivity contribution in [2.24, 2.45) is 5.41 Å². The van der Waals surface area contributed by atoms with E-state index in [-0.39, 0.29) is 17.9 Å². The summed E-state index contributed by atoms with van der Waals surface area (Å²) in [5.41, 5.74) is -1.12. The van der Waals surface area contributed by atoms with Crippen LogP contribution in [-0.2, 0) is 24.7 Å². The Morgan fingerprint density at radius 3 is 2.50 bits per heavy atom. The molecular weight excluding hydrogens is 306 g/mol. The van der Waals surface area contributed by atoms with Crippen LogP contribution in [0.3, 0.4) is 0 Å². The summed E-state index contributed by atoms with van der Waals surface area (Å²) in [5.74, 6) is -1.53. The van der Waals surface area contributed by atoms with Crippen LogP contribution >= 0.6 is 0 Å². The van der Waals surface area contributed by atoms with Crippen molar-refractivity contribution in [3.63, 3.8) is 0 Å². The van der Waals surface area contributed by atoms with Gasteiger partial charge in [-0.1, -0.05) is 6.42 Å². The highest BCUT2D eigenvalue weighted by molar-refractivity contribution is 7.95. The van der Waals surface area contributed by atoms with Crippen molar-refractivity contribution in [3.05, 3.63) is 0 Å². The fraction of sp³-hybridized carbons (Fsp3) is 0.909. The van der Waals surface area contributed by atoms with Crippen LogP contribution in [0, 0.1) is 5.41 Å². The summed E-state index contributed by atoms with van der Waals surface area (Å²) < 4.78 is 49.6. The lowest BCUT2D eigenvalue weighted by Crippen LogP contribution is -2.49. The smallest absolute Gasteiger partial charge is 0.310 e. The first-order valence-electron chi connectivity index (χ1n) is 6.52. The molecule has 1 aliphatic heterocycles. The number of nitrogens with one attached hydrogen (secondary N) is 1. The molecule has 2 rings (SSSR count). The minimum atomic E-state index is -3.81. The van der Waals surface area contributed by atoms with E-state index in [0.717, 1.165) is 0 Å². The zero-order chi connectivity index (χ0) is 15.2. The summed E-state index contributed by atoms with van der Waals surface area (Å²) in [7, 11) is -7.10. The first kappa shape index (κ1) is 15.7. The maximum Gasteiger partial charge on any atom is 0.310 e. The second-order valence-electron chi connectivity index (χ2n) is 5.86. The number of sulfone groups is 1. The van der Waals surface area contributed by atoms with Crippen LogP contribution in [0.5, 0.6) is 0 Å². The quantitative estimate of drug-likeness (QED) is 0.735. The number of sulfonamides is 1. The maximum absolute atomic E-state index is 12.2. The third-order valence-corrected chi connectivity index (χ3v) is 8.25. The van der Waals surface area contributed by atoms with Crippen molar-refractivity contribution < 1.29 is 26.7 Å². The molecule has 1 saturated heterocycles. The van der Waals surface area contributed by atoms with Gasteiger partial charge in [0.2, 0.25) is 10.0 Å². The lowest BCUT2D eigenvalue weighted by molar-refractivity contribution is -0.148. The molecule has 0 amide bonds. The van der Waals surface area contributed by atoms with Crippen molar-refractivity contribution in [1.29, 1.82) is 0 Å². The van der Waals surface area contributed by atoms with Gasteiger partial charge in [0.05, 0.1) is 22.2 Å². The van der Waals surface area contributed by atoms with Crippen LogP contribution in [0.1, 0.15) is 32.6 Å². The largest absolute Gasteiger partial charge is 0.481 e. The highest BCUT2D eigenvalue weighted by atomic mass is 32.2. The maximum atomic E-state index is 12.2. The molecule has 1 aliphatic carbocycles. The van der Waals surface area contributed by atoms with Crippen LogP contribution in [0.4, 0.5) is 0 Å². The van der Waals surface area contributed by atoms with E-state index in [9.17, 15) is 26.7 Å². The molecule has 0 radical (unpaired) electrons. The van der Waals surface area contributed by atoms with Crippen LogP contribution in [0.2, 0.25) is 0 Å². The van der Waals surface area contributed by atoms with Gasteiger partial charge in [0.15, 0.2) is 9.84 Å². The third-order valence-electron chi connectivity index (χ3n) is 4.38. The standard InChI is InChI=1S/C11H19NO6S2/c1-11(10(13)14)5-2-3-9(11)12-20(17,18)8-4-6-19(15,16)7-8/h8-9,12H,2-7H2,1H3,(H,13,14). The Labute approximate surface area is 118 Å². The molecule has 2 aliphatic rings. The molecule has 0 bridgehead atoms. The number of carboxylic acids is 1. The van der Waals surface area contributed by atoms with E-state index >= 15 is 0 Å². The summed E-state index contributed by atoms with van der Waals surface area (Å²) in [5, 5.41) is 8.29. The molecule has 0 spiro atoms. The molecule has 20 heavy (non-hydrogen) atoms. The van der Waals surface area contributed by atoms with Crippen molar-refractivity contribution in [2.75, 3.05) is 11.5 Å². The Kier molecular flexibility index (Phi) is 3.89. The van der Waals surface area contributed by atoms with Gasteiger partial charge in [0, 0.05) is 6.04 Å². The van der Waals surface area contributed by atoms with Gasteiger partial charge in [-0.25, -0.2) is 21.6 Å². The molecule has 0 aromatic rings. The Hall–Kier alpha value is -0.670. The number of carbonyl (C=O) groups is 1. The Balaban J connectivity index is 2.15. The molecule has 7 nitrogen and oxygen atoms in total. The Morgan fingerprint density at radius 1 is 1.35 bits per heavy atom. The summed E-state index contributed by atoms with van der Waals surface area (Å²) in [6.45, 7) is 1.53. The van der Waals surface area contributed by atoms with Gasteiger partial charge in [-0.05, 0) is 26.2 Å². The second kappa shape index (κ2) is 4.96. The van der Waals surface area contributed by atoms with E-state index in [1.54, 1.807) is 0 Å². The highest BCUT2D eigenvalue weighted by Gasteiger charge is 2.48. The topological polar surface area (TPSA) is 118 Å². The van der Waals surface area contributed by atoms with Gasteiger partial charge in [-0.2, -0.15) is 0 Å². The van der Waals surface area contributed by atoms with Gasteiger partial charge < -0.3 is 5.11 Å². The predicted molar refractivity (Wildman–Crippen MR) is 72.5 cm³/mol. The fourth-order valence-electron chi connectivity index (χ4n) is 2.91. The SMILES string of the molecule is CC1(C(=O)O)CCCC1NS(=O)(=O)C1CCS(=O)(=O)C1. The number of carboxylic acid groups (broad SMARTS) is 1. The summed E-state index contributed by atoms with van der Waals surface area (Å²) in [4.78, 5) is 11.3. The van der Waals surface area contributed by atoms with E-state index in [1.165, 1.54) is 6.92 Å². The summed E-state index contributed by atoms with van der Waals surface area (Å²) in [6, 6.07) is -0.673. The van der Waals surface area contributed by atoms with Gasteiger partial charge in [0.25, 0.3) is 0 Å². The van der Waals surface area contributed by atoms with E-state index in [2.05, 4.69) is 4.72 Å². The minimum absolute atomic E-state index is 0.0776. The normalized spacial score (nSPS) is 37.0. The molecule has 2 fully saturated rings. The molecule has 1 saturated carbocycles. The van der Waals surface area contributed by atoms with E-state index < -0.39 is 42.5 Å². The molecule has 9 heteroatoms. The Bertz CT molecular complexity index is 611. The Morgan fingerprint density at radius 2 is 2.00 bits per heavy atom. The number of aliphatic carboxylic acids is 1. The van der Waals surface area contributed by atoms with E-state index in [0.29, 0.717) is 19.3 Å². The van der Waals surface area contributed by atoms with Crippen LogP contribution in [0.25, 0.3) is 0 Å². The van der Waals surface area contributed by atoms with Gasteiger partial charge >= 0.3 is 5.97 Å². The van der Waals surface area contributed by atoms with Crippen LogP contribution in [0.15, 0.2) is 0 Å². The summed E-state index contributed by atoms with van der Waals surface area (Å²) in [6.07, 6.45) is 1.59. The molecule has 3 unspecified atom stereocenters. The first-order valence-corrected chi connectivity index (χ1v) is 9.88. The molecular formula is C11H19NO6S2. The zero-order valence-corrected chi connectivity index (χ0v) is 12.8. The lowest BCUT2D eigenvalue weighted by Gasteiger charge is -2.28. The fourth-order valence-corrected chi connectivity index (χ4v) is 7.34. The molecule has 1 heterocycles. The molecule has 116 valence electrons. The lowest BCUT2D eigenvalue weighted by atomic mass is 9.85. The van der Waals surface area contributed by atoms with Gasteiger partial charge in [-0.15, -0.1) is 0 Å². The molecule has 3 atom stereocenters. The van der Waals surface area contributed by atoms with Crippen LogP contribution in [-0.4, -0.2) is 50.7 Å². The van der Waals surface area contributed by atoms with Gasteiger partial charge in [-0.3, -0.25) is 4.79 Å². The van der Waals surface area contributed by atoms with Crippen molar-refractivity contribution in [1.82, 2.24) is 4.72 Å². The van der Waals surface area contributed by atoms with E-state index in [1.807, 2.05) is 0 Å². The molecule has 2 N–H and O–H groups in total. The third kappa shape index (κ3) is 2.84. The first-order chi connectivity index (χ1) is 9.07. The molecule has 0 aromatic heterocycles. The minimum Gasteiger partial charge on any atom is -0.481 e. The average molecular weight is 325 g/mol.